The SMILES string of the molecule is CCC(CCCCCOC(=O)CC(C)O)CCCCOC(=O)CC(C)O. The van der Waals surface area contributed by atoms with Gasteiger partial charge in [0, 0.05) is 0 Å². The smallest absolute Gasteiger partial charge is 0.308 e. The predicted octanol–water partition coefficient (Wildman–Crippen LogP) is 3.37. The first kappa shape index (κ1) is 24.9. The fourth-order valence-corrected chi connectivity index (χ4v) is 2.77. The highest BCUT2D eigenvalue weighted by Gasteiger charge is 2.09. The van der Waals surface area contributed by atoms with Gasteiger partial charge < -0.3 is 19.7 Å². The number of esters is 2. The lowest BCUT2D eigenvalue weighted by molar-refractivity contribution is -0.146. The molecule has 0 amide bonds. The highest BCUT2D eigenvalue weighted by Crippen LogP contribution is 2.20. The van der Waals surface area contributed by atoms with Crippen LogP contribution in [0.3, 0.4) is 0 Å². The summed E-state index contributed by atoms with van der Waals surface area (Å²) < 4.78 is 10.1. The normalized spacial score (nSPS) is 14.5. The second-order valence-electron chi connectivity index (χ2n) is 7.17. The van der Waals surface area contributed by atoms with Crippen LogP contribution in [0.25, 0.3) is 0 Å². The standard InChI is InChI=1S/C20H38O6/c1-4-18(11-7-9-13-26-20(24)15-17(3)22)10-6-5-8-12-25-19(23)14-16(2)21/h16-18,21-22H,4-15H2,1-3H3. The Bertz CT molecular complexity index is 367. The maximum absolute atomic E-state index is 11.3. The van der Waals surface area contributed by atoms with Crippen molar-refractivity contribution in [1.29, 1.82) is 0 Å². The average Bonchev–Trinajstić information content (AvgIpc) is 2.54. The summed E-state index contributed by atoms with van der Waals surface area (Å²) in [6.07, 6.45) is 7.20. The summed E-state index contributed by atoms with van der Waals surface area (Å²) in [6, 6.07) is 0. The molecule has 26 heavy (non-hydrogen) atoms. The third-order valence-corrected chi connectivity index (χ3v) is 4.29. The van der Waals surface area contributed by atoms with Crippen molar-refractivity contribution in [2.24, 2.45) is 5.92 Å². The number of unbranched alkanes of at least 4 members (excludes halogenated alkanes) is 3. The molecule has 0 radical (unpaired) electrons. The van der Waals surface area contributed by atoms with Crippen molar-refractivity contribution in [2.45, 2.75) is 97.2 Å². The van der Waals surface area contributed by atoms with Crippen molar-refractivity contribution in [3.63, 3.8) is 0 Å². The van der Waals surface area contributed by atoms with Gasteiger partial charge in [0.2, 0.25) is 0 Å². The van der Waals surface area contributed by atoms with Crippen LogP contribution in [-0.4, -0.2) is 47.6 Å². The lowest BCUT2D eigenvalue weighted by atomic mass is 9.93. The predicted molar refractivity (Wildman–Crippen MR) is 101 cm³/mol. The van der Waals surface area contributed by atoms with Gasteiger partial charge >= 0.3 is 11.9 Å². The van der Waals surface area contributed by atoms with Gasteiger partial charge in [-0.2, -0.15) is 0 Å². The van der Waals surface area contributed by atoms with Crippen molar-refractivity contribution >= 4 is 11.9 Å². The molecule has 0 aromatic rings. The molecule has 0 aromatic carbocycles. The highest BCUT2D eigenvalue weighted by atomic mass is 16.5. The highest BCUT2D eigenvalue weighted by molar-refractivity contribution is 5.70. The lowest BCUT2D eigenvalue weighted by Crippen LogP contribution is -2.13. The average molecular weight is 375 g/mol. The molecule has 154 valence electrons. The van der Waals surface area contributed by atoms with E-state index in [2.05, 4.69) is 6.92 Å². The van der Waals surface area contributed by atoms with Crippen molar-refractivity contribution in [2.75, 3.05) is 13.2 Å². The van der Waals surface area contributed by atoms with Crippen LogP contribution in [0.15, 0.2) is 0 Å². The summed E-state index contributed by atoms with van der Waals surface area (Å²) in [5.74, 6) is 0.0164. The van der Waals surface area contributed by atoms with E-state index in [1.54, 1.807) is 13.8 Å². The summed E-state index contributed by atoms with van der Waals surface area (Å²) in [7, 11) is 0. The van der Waals surface area contributed by atoms with E-state index >= 15 is 0 Å². The molecule has 0 bridgehead atoms. The van der Waals surface area contributed by atoms with Gasteiger partial charge in [0.05, 0.1) is 38.3 Å². The molecule has 6 nitrogen and oxygen atoms in total. The fourth-order valence-electron chi connectivity index (χ4n) is 2.77. The molecule has 0 fully saturated rings. The van der Waals surface area contributed by atoms with Gasteiger partial charge in [0.25, 0.3) is 0 Å². The van der Waals surface area contributed by atoms with Crippen LogP contribution in [0.2, 0.25) is 0 Å². The number of aliphatic hydroxyl groups excluding tert-OH is 2. The molecule has 0 aliphatic rings. The van der Waals surface area contributed by atoms with Gasteiger partial charge in [-0.3, -0.25) is 9.59 Å². The van der Waals surface area contributed by atoms with Gasteiger partial charge in [-0.15, -0.1) is 0 Å². The van der Waals surface area contributed by atoms with E-state index in [1.165, 1.54) is 6.42 Å². The molecule has 0 saturated carbocycles. The summed E-state index contributed by atoms with van der Waals surface area (Å²) in [4.78, 5) is 22.6. The second-order valence-corrected chi connectivity index (χ2v) is 7.17. The van der Waals surface area contributed by atoms with E-state index in [0.717, 1.165) is 44.9 Å². The minimum absolute atomic E-state index is 0.0614. The Kier molecular flexibility index (Phi) is 15.4. The molecule has 3 atom stereocenters. The van der Waals surface area contributed by atoms with E-state index in [-0.39, 0.29) is 24.8 Å². The summed E-state index contributed by atoms with van der Waals surface area (Å²) in [5.41, 5.74) is 0. The number of aliphatic hydroxyl groups is 2. The maximum atomic E-state index is 11.3. The van der Waals surface area contributed by atoms with Crippen LogP contribution < -0.4 is 0 Å². The van der Waals surface area contributed by atoms with Crippen molar-refractivity contribution in [3.05, 3.63) is 0 Å². The van der Waals surface area contributed by atoms with Crippen LogP contribution in [0.4, 0.5) is 0 Å². The largest absolute Gasteiger partial charge is 0.466 e. The summed E-state index contributed by atoms with van der Waals surface area (Å²) in [6.45, 7) is 6.21. The van der Waals surface area contributed by atoms with Crippen LogP contribution in [-0.2, 0) is 19.1 Å². The molecule has 0 rings (SSSR count). The van der Waals surface area contributed by atoms with Crippen LogP contribution in [0.5, 0.6) is 0 Å². The van der Waals surface area contributed by atoms with Gasteiger partial charge in [0.1, 0.15) is 0 Å². The second kappa shape index (κ2) is 16.1. The molecule has 3 unspecified atom stereocenters. The topological polar surface area (TPSA) is 93.1 Å². The van der Waals surface area contributed by atoms with Gasteiger partial charge in [0.15, 0.2) is 0 Å². The van der Waals surface area contributed by atoms with E-state index in [9.17, 15) is 9.59 Å². The molecule has 0 aliphatic heterocycles. The first-order chi connectivity index (χ1) is 12.3. The number of hydrogen-bond donors (Lipinski definition) is 2. The Labute approximate surface area is 158 Å². The molecular weight excluding hydrogens is 336 g/mol. The third kappa shape index (κ3) is 16.3. The van der Waals surface area contributed by atoms with E-state index in [1.807, 2.05) is 0 Å². The minimum Gasteiger partial charge on any atom is -0.466 e. The van der Waals surface area contributed by atoms with Gasteiger partial charge in [-0.05, 0) is 39.0 Å². The Morgan fingerprint density at radius 3 is 1.62 bits per heavy atom. The first-order valence-corrected chi connectivity index (χ1v) is 10.0. The number of carbonyl (C=O) groups excluding carboxylic acids is 2. The monoisotopic (exact) mass is 374 g/mol. The van der Waals surface area contributed by atoms with E-state index in [0.29, 0.717) is 19.1 Å². The zero-order valence-electron chi connectivity index (χ0n) is 16.7. The lowest BCUT2D eigenvalue weighted by Gasteiger charge is -2.14. The zero-order valence-corrected chi connectivity index (χ0v) is 16.7. The van der Waals surface area contributed by atoms with Crippen LogP contribution in [0.1, 0.15) is 85.0 Å². The minimum atomic E-state index is -0.645. The van der Waals surface area contributed by atoms with Crippen molar-refractivity contribution < 1.29 is 29.3 Å². The van der Waals surface area contributed by atoms with Crippen molar-refractivity contribution in [1.82, 2.24) is 0 Å². The fraction of sp³-hybridized carbons (Fsp3) is 0.900. The first-order valence-electron chi connectivity index (χ1n) is 10.0. The zero-order chi connectivity index (χ0) is 19.8. The Balaban J connectivity index is 3.56. The molecule has 0 aliphatic carbocycles. The molecule has 0 aromatic heterocycles. The number of rotatable bonds is 16. The summed E-state index contributed by atoms with van der Waals surface area (Å²) >= 11 is 0. The van der Waals surface area contributed by atoms with Crippen LogP contribution in [0, 0.1) is 5.92 Å². The Morgan fingerprint density at radius 2 is 1.19 bits per heavy atom. The molecule has 2 N–H and O–H groups in total. The maximum Gasteiger partial charge on any atom is 0.308 e. The molecule has 0 saturated heterocycles. The quantitative estimate of drug-likeness (QED) is 0.318. The van der Waals surface area contributed by atoms with Gasteiger partial charge in [-0.25, -0.2) is 0 Å². The number of hydrogen-bond acceptors (Lipinski definition) is 6. The Morgan fingerprint density at radius 1 is 0.769 bits per heavy atom. The van der Waals surface area contributed by atoms with Crippen molar-refractivity contribution in [3.8, 4) is 0 Å². The summed E-state index contributed by atoms with van der Waals surface area (Å²) in [5, 5.41) is 18.2. The number of ether oxygens (including phenoxy) is 2. The van der Waals surface area contributed by atoms with Gasteiger partial charge in [-0.1, -0.05) is 39.0 Å². The van der Waals surface area contributed by atoms with Crippen LogP contribution >= 0.6 is 0 Å². The molecule has 0 spiro atoms. The number of carbonyl (C=O) groups is 2. The molecule has 6 heteroatoms. The third-order valence-electron chi connectivity index (χ3n) is 4.29. The molecular formula is C20H38O6. The molecule has 0 heterocycles. The Hall–Kier alpha value is -1.14. The van der Waals surface area contributed by atoms with E-state index < -0.39 is 12.2 Å². The van der Waals surface area contributed by atoms with E-state index in [4.69, 9.17) is 19.7 Å².